The second-order valence-electron chi connectivity index (χ2n) is 4.53. The number of rotatable bonds is 5. The zero-order valence-electron chi connectivity index (χ0n) is 11.4. The number of benzene rings is 1. The van der Waals surface area contributed by atoms with Crippen molar-refractivity contribution in [3.8, 4) is 0 Å². The Kier molecular flexibility index (Phi) is 4.34. The average Bonchev–Trinajstić information content (AvgIpc) is 2.43. The first-order chi connectivity index (χ1) is 10.7. The Labute approximate surface area is 127 Å². The minimum absolute atomic E-state index is 0.0643. The van der Waals surface area contributed by atoms with E-state index in [1.165, 1.54) is 24.3 Å². The van der Waals surface area contributed by atoms with Gasteiger partial charge in [-0.1, -0.05) is 12.1 Å². The second-order valence-corrected chi connectivity index (χ2v) is 4.53. The van der Waals surface area contributed by atoms with Crippen molar-refractivity contribution in [2.75, 3.05) is 18.0 Å². The van der Waals surface area contributed by atoms with Gasteiger partial charge in [0, 0.05) is 5.39 Å². The maximum absolute atomic E-state index is 12.9. The van der Waals surface area contributed by atoms with Gasteiger partial charge in [-0.15, -0.1) is 0 Å². The minimum Gasteiger partial charge on any atom is -0.480 e. The van der Waals surface area contributed by atoms with Crippen LogP contribution in [-0.2, 0) is 15.8 Å². The Balaban J connectivity index is 2.67. The topological polar surface area (TPSA) is 104 Å². The molecule has 0 fully saturated rings. The van der Waals surface area contributed by atoms with Crippen LogP contribution in [0.4, 0.5) is 19.0 Å². The third-order valence-electron chi connectivity index (χ3n) is 2.79. The summed E-state index contributed by atoms with van der Waals surface area (Å²) in [6.45, 7) is -1.63. The molecule has 0 spiro atoms. The van der Waals surface area contributed by atoms with Crippen LogP contribution in [0.15, 0.2) is 24.3 Å². The van der Waals surface area contributed by atoms with E-state index in [2.05, 4.69) is 9.97 Å². The number of para-hydroxylation sites is 1. The predicted molar refractivity (Wildman–Crippen MR) is 72.0 cm³/mol. The number of anilines is 1. The molecule has 0 saturated heterocycles. The number of aliphatic carboxylic acids is 2. The molecular formula is C13H10F3N3O4. The Morgan fingerprint density at radius 2 is 1.61 bits per heavy atom. The van der Waals surface area contributed by atoms with Crippen LogP contribution in [0.2, 0.25) is 0 Å². The van der Waals surface area contributed by atoms with Crippen LogP contribution in [-0.4, -0.2) is 45.2 Å². The number of aromatic nitrogens is 2. The Morgan fingerprint density at radius 3 is 2.13 bits per heavy atom. The Morgan fingerprint density at radius 1 is 1.04 bits per heavy atom. The van der Waals surface area contributed by atoms with E-state index in [0.29, 0.717) is 0 Å². The lowest BCUT2D eigenvalue weighted by atomic mass is 10.2. The zero-order valence-corrected chi connectivity index (χ0v) is 11.4. The third kappa shape index (κ3) is 3.84. The maximum atomic E-state index is 12.9. The van der Waals surface area contributed by atoms with Crippen LogP contribution in [0.25, 0.3) is 10.9 Å². The molecule has 0 radical (unpaired) electrons. The molecule has 1 aromatic heterocycles. The van der Waals surface area contributed by atoms with Crippen LogP contribution in [0.3, 0.4) is 0 Å². The SMILES string of the molecule is O=C(O)CN(CC(=O)O)c1nc(C(F)(F)F)nc2ccccc12. The summed E-state index contributed by atoms with van der Waals surface area (Å²) in [6.07, 6.45) is -4.85. The average molecular weight is 329 g/mol. The lowest BCUT2D eigenvalue weighted by Crippen LogP contribution is -2.35. The predicted octanol–water partition coefficient (Wildman–Crippen LogP) is 1.62. The molecule has 0 unspecified atom stereocenters. The van der Waals surface area contributed by atoms with E-state index in [0.717, 1.165) is 4.90 Å². The van der Waals surface area contributed by atoms with Crippen LogP contribution < -0.4 is 4.90 Å². The highest BCUT2D eigenvalue weighted by Gasteiger charge is 2.36. The molecule has 7 nitrogen and oxygen atoms in total. The first kappa shape index (κ1) is 16.5. The smallest absolute Gasteiger partial charge is 0.451 e. The maximum Gasteiger partial charge on any atom is 0.451 e. The Hall–Kier alpha value is -2.91. The fourth-order valence-electron chi connectivity index (χ4n) is 1.96. The molecule has 2 aromatic rings. The summed E-state index contributed by atoms with van der Waals surface area (Å²) in [6, 6.07) is 5.65. The van der Waals surface area contributed by atoms with Gasteiger partial charge in [0.15, 0.2) is 0 Å². The van der Waals surface area contributed by atoms with Gasteiger partial charge in [-0.25, -0.2) is 9.97 Å². The van der Waals surface area contributed by atoms with Crippen molar-refractivity contribution in [1.29, 1.82) is 0 Å². The first-order valence-electron chi connectivity index (χ1n) is 6.21. The molecule has 2 N–H and O–H groups in total. The number of carbonyl (C=O) groups is 2. The number of hydrogen-bond donors (Lipinski definition) is 2. The fraction of sp³-hybridized carbons (Fsp3) is 0.231. The zero-order chi connectivity index (χ0) is 17.2. The lowest BCUT2D eigenvalue weighted by molar-refractivity contribution is -0.144. The summed E-state index contributed by atoms with van der Waals surface area (Å²) < 4.78 is 38.7. The molecule has 0 amide bonds. The largest absolute Gasteiger partial charge is 0.480 e. The molecule has 1 heterocycles. The number of hydrogen-bond acceptors (Lipinski definition) is 5. The highest BCUT2D eigenvalue weighted by molar-refractivity contribution is 5.92. The number of nitrogens with zero attached hydrogens (tertiary/aromatic N) is 3. The molecular weight excluding hydrogens is 319 g/mol. The van der Waals surface area contributed by atoms with Crippen molar-refractivity contribution < 1.29 is 33.0 Å². The monoisotopic (exact) mass is 329 g/mol. The summed E-state index contributed by atoms with van der Waals surface area (Å²) in [5.74, 6) is -4.66. The van der Waals surface area contributed by atoms with Gasteiger partial charge in [0.2, 0.25) is 5.82 Å². The van der Waals surface area contributed by atoms with Gasteiger partial charge >= 0.3 is 18.1 Å². The van der Waals surface area contributed by atoms with Crippen molar-refractivity contribution in [2.45, 2.75) is 6.18 Å². The van der Waals surface area contributed by atoms with Crippen LogP contribution in [0.1, 0.15) is 5.82 Å². The molecule has 0 atom stereocenters. The second kappa shape index (κ2) is 6.07. The lowest BCUT2D eigenvalue weighted by Gasteiger charge is -2.22. The van der Waals surface area contributed by atoms with Gasteiger partial charge in [0.1, 0.15) is 18.9 Å². The van der Waals surface area contributed by atoms with Crippen molar-refractivity contribution >= 4 is 28.7 Å². The minimum atomic E-state index is -4.85. The van der Waals surface area contributed by atoms with E-state index in [1.807, 2.05) is 0 Å². The van der Waals surface area contributed by atoms with Crippen molar-refractivity contribution in [2.24, 2.45) is 0 Å². The fourth-order valence-corrected chi connectivity index (χ4v) is 1.96. The molecule has 0 aliphatic carbocycles. The standard InChI is InChI=1S/C13H10F3N3O4/c14-13(15,16)12-17-8-4-2-1-3-7(8)11(18-12)19(5-9(20)21)6-10(22)23/h1-4H,5-6H2,(H,20,21)(H,22,23). The quantitative estimate of drug-likeness (QED) is 0.859. The van der Waals surface area contributed by atoms with E-state index in [4.69, 9.17) is 10.2 Å². The van der Waals surface area contributed by atoms with Gasteiger partial charge < -0.3 is 15.1 Å². The highest BCUT2D eigenvalue weighted by atomic mass is 19.4. The van der Waals surface area contributed by atoms with Gasteiger partial charge in [-0.3, -0.25) is 9.59 Å². The highest BCUT2D eigenvalue weighted by Crippen LogP contribution is 2.31. The molecule has 0 bridgehead atoms. The molecule has 2 rings (SSSR count). The van der Waals surface area contributed by atoms with Crippen molar-refractivity contribution in [1.82, 2.24) is 9.97 Å². The number of alkyl halides is 3. The van der Waals surface area contributed by atoms with Crippen LogP contribution in [0, 0.1) is 0 Å². The van der Waals surface area contributed by atoms with Crippen LogP contribution >= 0.6 is 0 Å². The van der Waals surface area contributed by atoms with E-state index >= 15 is 0 Å². The number of fused-ring (bicyclic) bond motifs is 1. The first-order valence-corrected chi connectivity index (χ1v) is 6.21. The molecule has 122 valence electrons. The van der Waals surface area contributed by atoms with E-state index < -0.39 is 42.8 Å². The molecule has 23 heavy (non-hydrogen) atoms. The molecule has 1 aromatic carbocycles. The number of carboxylic acid groups (broad SMARTS) is 2. The molecule has 0 saturated carbocycles. The van der Waals surface area contributed by atoms with Gasteiger partial charge in [0.05, 0.1) is 5.52 Å². The molecule has 10 heteroatoms. The van der Waals surface area contributed by atoms with Gasteiger partial charge in [0.25, 0.3) is 0 Å². The van der Waals surface area contributed by atoms with Crippen molar-refractivity contribution in [3.63, 3.8) is 0 Å². The summed E-state index contributed by atoms with van der Waals surface area (Å²) in [5.41, 5.74) is -0.0643. The Bertz CT molecular complexity index is 748. The van der Waals surface area contributed by atoms with E-state index in [9.17, 15) is 22.8 Å². The normalized spacial score (nSPS) is 11.4. The summed E-state index contributed by atoms with van der Waals surface area (Å²) in [5, 5.41) is 17.8. The van der Waals surface area contributed by atoms with Crippen molar-refractivity contribution in [3.05, 3.63) is 30.1 Å². The summed E-state index contributed by atoms with van der Waals surface area (Å²) in [4.78, 5) is 29.2. The van der Waals surface area contributed by atoms with E-state index in [-0.39, 0.29) is 10.9 Å². The van der Waals surface area contributed by atoms with Crippen LogP contribution in [0.5, 0.6) is 0 Å². The van der Waals surface area contributed by atoms with E-state index in [1.54, 1.807) is 0 Å². The molecule has 0 aliphatic rings. The molecule has 0 aliphatic heterocycles. The van der Waals surface area contributed by atoms with Gasteiger partial charge in [-0.05, 0) is 12.1 Å². The number of halogens is 3. The summed E-state index contributed by atoms with van der Waals surface area (Å²) >= 11 is 0. The third-order valence-corrected chi connectivity index (χ3v) is 2.79. The number of carboxylic acids is 2. The summed E-state index contributed by atoms with van der Waals surface area (Å²) in [7, 11) is 0. The van der Waals surface area contributed by atoms with Gasteiger partial charge in [-0.2, -0.15) is 13.2 Å².